The topological polar surface area (TPSA) is 489 Å². The number of carbonyl (C=O) groups is 11. The molecule has 0 radical (unpaired) electrons. The molecule has 9 aromatic rings. The number of thioether (sulfide) groups is 1. The van der Waals surface area contributed by atoms with Crippen molar-refractivity contribution in [1.82, 2.24) is 0 Å². The predicted octanol–water partition coefficient (Wildman–Crippen LogP) is 14.7. The van der Waals surface area contributed by atoms with Crippen molar-refractivity contribution >= 4 is 154 Å². The van der Waals surface area contributed by atoms with Crippen LogP contribution in [0.2, 0.25) is 0 Å². The number of rotatable bonds is 26. The second-order valence-electron chi connectivity index (χ2n) is 26.7. The third-order valence-electron chi connectivity index (χ3n) is 14.6. The maximum atomic E-state index is 11.6. The van der Waals surface area contributed by atoms with Gasteiger partial charge in [0, 0.05) is 52.3 Å². The van der Waals surface area contributed by atoms with Crippen LogP contribution in [-0.4, -0.2) is 214 Å². The number of benzene rings is 9. The van der Waals surface area contributed by atoms with Crippen LogP contribution < -0.4 is 15.9 Å². The van der Waals surface area contributed by atoms with Gasteiger partial charge in [-0.2, -0.15) is 0 Å². The van der Waals surface area contributed by atoms with Gasteiger partial charge in [-0.1, -0.05) is 276 Å². The van der Waals surface area contributed by atoms with Crippen molar-refractivity contribution in [3.63, 3.8) is 0 Å². The summed E-state index contributed by atoms with van der Waals surface area (Å²) >= 11 is 1.30. The van der Waals surface area contributed by atoms with E-state index in [0.29, 0.717) is 41.6 Å². The molecule has 124 heavy (non-hydrogen) atoms. The molecule has 10 rings (SSSR count). The van der Waals surface area contributed by atoms with Gasteiger partial charge in [-0.3, -0.25) is 63.7 Å². The number of para-hydroxylation sites is 1. The number of aliphatic imine (C=N–C) groups is 8. The second kappa shape index (κ2) is 62.6. The van der Waals surface area contributed by atoms with Gasteiger partial charge in [0.05, 0.1) is 28.1 Å². The van der Waals surface area contributed by atoms with Crippen LogP contribution in [0.5, 0.6) is 0 Å². The average molecular weight is 1730 g/mol. The standard InChI is InChI=1S/C19H15O2P.C15H13NO2.C10H11NO2.C9H9NO2.C9H17NO2.C8H7NO2.C8H6O3.C6H11NO2.C5H9NO2.C4H5NO2S/c20-19(21)17-13-7-8-14-18(17)22(15-9-3-1-4-10-15)16-11-5-2-6-12-16;17-14(18)11-16-15(12-7-3-1-4-8-12)13-9-5-2-6-10-13;1-8(11-7-10(12)13)9-5-3-2-4-6-9;11-9(12)7-10-6-8-4-2-1-3-5-8;1-6(2)9(7(3)4)10-5-8(11)12;10-8(11)6-9-7-4-2-1-3-5-7;9-5-6-3-1-2-4-7(6)8(10)11;1-6(2,3)7-4-5(8)9;1-4(2)6-3-5(7)8;6-4(7)3-5-1-2-8-3/h1-14H,(H,20,21);1-10H,11H2,(H,17,18);2-6H,7H2,1H3,(H,12,13);1-6H,7H2,(H,11,12);6-7H,5H2,1-4H3,(H,11,12);1-6H,(H,10,11);1-5H,(H,10,11);4H,1-3H3,(H,8,9);3H2,1-2H3,(H,7,8);1-2H2,(H,6,7). The SMILES string of the molecule is CC(=NCC(=O)O)c1ccccc1.CC(C)(C)N=CC(=O)O.CC(C)=NCC(=O)O.CC(C)C(=NCC(=O)O)C(C)C.O=C(O)C1=NCCS1.O=C(O)C=Nc1ccccc1.O=C(O)CN=C(c1ccccc1)c1ccccc1.O=C(O)CN=Cc1ccccc1.O=C(O)c1ccccc1P(c1ccccc1)c1ccccc1.O=Cc1ccccc1C(=O)O. The minimum atomic E-state index is -1.08. The molecule has 0 spiro atoms. The number of aliphatic carboxylic acids is 8. The minimum Gasteiger partial charge on any atom is -0.480 e. The number of nitrogens with zero attached hydrogens (tertiary/aromatic N) is 8. The molecular formula is C93H103N8O21PS. The van der Waals surface area contributed by atoms with Crippen molar-refractivity contribution in [2.45, 2.75) is 74.8 Å². The zero-order chi connectivity index (χ0) is 92.8. The van der Waals surface area contributed by atoms with Crippen molar-refractivity contribution in [3.05, 3.63) is 300 Å². The van der Waals surface area contributed by atoms with Crippen molar-refractivity contribution in [2.24, 2.45) is 51.8 Å². The van der Waals surface area contributed by atoms with Gasteiger partial charge >= 0.3 is 59.7 Å². The Morgan fingerprint density at radius 1 is 0.427 bits per heavy atom. The van der Waals surface area contributed by atoms with E-state index in [1.807, 2.05) is 224 Å². The van der Waals surface area contributed by atoms with Crippen LogP contribution in [0, 0.1) is 11.8 Å². The Hall–Kier alpha value is -14.5. The van der Waals surface area contributed by atoms with Gasteiger partial charge in [0.1, 0.15) is 45.2 Å². The monoisotopic (exact) mass is 1730 g/mol. The molecule has 0 saturated heterocycles. The Balaban J connectivity index is 0.000000701. The van der Waals surface area contributed by atoms with E-state index in [4.69, 9.17) is 46.0 Å². The van der Waals surface area contributed by atoms with Crippen LogP contribution in [0.15, 0.2) is 301 Å². The van der Waals surface area contributed by atoms with Gasteiger partial charge in [0.15, 0.2) is 11.3 Å². The van der Waals surface area contributed by atoms with Crippen molar-refractivity contribution in [3.8, 4) is 0 Å². The Kier molecular flexibility index (Phi) is 54.3. The number of carboxylic acid groups (broad SMARTS) is 10. The fraction of sp³-hybridized carbons (Fsp3) is 0.215. The van der Waals surface area contributed by atoms with E-state index < -0.39 is 67.6 Å². The molecule has 0 amide bonds. The van der Waals surface area contributed by atoms with E-state index in [1.165, 1.54) is 23.9 Å². The predicted molar refractivity (Wildman–Crippen MR) is 491 cm³/mol. The summed E-state index contributed by atoms with van der Waals surface area (Å²) in [6.07, 6.45) is 3.87. The fourth-order valence-corrected chi connectivity index (χ4v) is 12.5. The molecule has 0 aromatic heterocycles. The van der Waals surface area contributed by atoms with Crippen molar-refractivity contribution < 1.29 is 104 Å². The third-order valence-corrected chi connectivity index (χ3v) is 18.1. The van der Waals surface area contributed by atoms with Gasteiger partial charge in [0.2, 0.25) is 0 Å². The summed E-state index contributed by atoms with van der Waals surface area (Å²) < 4.78 is 0. The van der Waals surface area contributed by atoms with Crippen LogP contribution in [0.25, 0.3) is 0 Å². The van der Waals surface area contributed by atoms with Crippen molar-refractivity contribution in [2.75, 3.05) is 45.0 Å². The fourth-order valence-electron chi connectivity index (χ4n) is 9.41. The molecule has 1 aliphatic heterocycles. The maximum Gasteiger partial charge on any atom is 0.360 e. The first kappa shape index (κ1) is 107. The van der Waals surface area contributed by atoms with Crippen LogP contribution in [0.1, 0.15) is 123 Å². The Morgan fingerprint density at radius 3 is 1.16 bits per heavy atom. The molecule has 29 nitrogen and oxygen atoms in total. The summed E-state index contributed by atoms with van der Waals surface area (Å²) in [5.41, 5.74) is 7.96. The van der Waals surface area contributed by atoms with E-state index in [1.54, 1.807) is 75.5 Å². The number of carbonyl (C=O) groups excluding carboxylic acids is 1. The molecule has 0 atom stereocenters. The lowest BCUT2D eigenvalue weighted by Crippen LogP contribution is -2.24. The number of hydrogen-bond donors (Lipinski definition) is 10. The number of aldehydes is 1. The van der Waals surface area contributed by atoms with E-state index in [2.05, 4.69) is 64.2 Å². The summed E-state index contributed by atoms with van der Waals surface area (Å²) in [5.74, 6) is -7.89. The molecule has 0 fully saturated rings. The Bertz CT molecular complexity index is 4960. The van der Waals surface area contributed by atoms with Gasteiger partial charge < -0.3 is 51.1 Å². The van der Waals surface area contributed by atoms with E-state index in [-0.39, 0.29) is 54.4 Å². The van der Waals surface area contributed by atoms with E-state index >= 15 is 0 Å². The highest BCUT2D eigenvalue weighted by molar-refractivity contribution is 8.16. The zero-order valence-corrected chi connectivity index (χ0v) is 71.8. The number of aromatic carboxylic acids is 2. The average Bonchev–Trinajstić information content (AvgIpc) is 0.891. The molecule has 9 aromatic carbocycles. The summed E-state index contributed by atoms with van der Waals surface area (Å²) in [7, 11) is -0.880. The van der Waals surface area contributed by atoms with Gasteiger partial charge in [0.25, 0.3) is 0 Å². The molecule has 1 heterocycles. The summed E-state index contributed by atoms with van der Waals surface area (Å²) in [5, 5.41) is 88.0. The second-order valence-corrected chi connectivity index (χ2v) is 30.0. The molecule has 10 N–H and O–H groups in total. The minimum absolute atomic E-state index is 0.0440. The first-order chi connectivity index (χ1) is 58.9. The summed E-state index contributed by atoms with van der Waals surface area (Å²) in [4.78, 5) is 144. The number of hydrogen-bond acceptors (Lipinski definition) is 20. The normalized spacial score (nSPS) is 10.8. The van der Waals surface area contributed by atoms with Crippen LogP contribution >= 0.6 is 19.7 Å². The molecule has 31 heteroatoms. The molecule has 0 saturated carbocycles. The largest absolute Gasteiger partial charge is 0.480 e. The zero-order valence-electron chi connectivity index (χ0n) is 70.1. The molecule has 1 aliphatic rings. The number of carboxylic acids is 10. The lowest BCUT2D eigenvalue weighted by molar-refractivity contribution is -0.136. The lowest BCUT2D eigenvalue weighted by Gasteiger charge is -2.20. The maximum absolute atomic E-state index is 11.6. The van der Waals surface area contributed by atoms with Crippen LogP contribution in [0.3, 0.4) is 0 Å². The molecule has 0 aliphatic carbocycles. The van der Waals surface area contributed by atoms with E-state index in [9.17, 15) is 57.8 Å². The Morgan fingerprint density at radius 2 is 0.806 bits per heavy atom. The molecule has 0 unspecified atom stereocenters. The lowest BCUT2D eigenvalue weighted by atomic mass is 9.97. The highest BCUT2D eigenvalue weighted by Gasteiger charge is 2.22. The first-order valence-electron chi connectivity index (χ1n) is 37.8. The Labute approximate surface area is 725 Å². The third kappa shape index (κ3) is 51.7. The van der Waals surface area contributed by atoms with E-state index in [0.717, 1.165) is 73.5 Å². The smallest absolute Gasteiger partial charge is 0.360 e. The molecule has 0 bridgehead atoms. The van der Waals surface area contributed by atoms with Crippen LogP contribution in [-0.2, 0) is 38.4 Å². The van der Waals surface area contributed by atoms with Gasteiger partial charge in [-0.15, -0.1) is 0 Å². The van der Waals surface area contributed by atoms with Gasteiger partial charge in [-0.25, -0.2) is 29.0 Å². The first-order valence-corrected chi connectivity index (χ1v) is 40.1. The van der Waals surface area contributed by atoms with Crippen LogP contribution in [0.4, 0.5) is 5.69 Å². The van der Waals surface area contributed by atoms with Crippen molar-refractivity contribution in [1.29, 1.82) is 0 Å². The quantitative estimate of drug-likeness (QED) is 0.0137. The summed E-state index contributed by atoms with van der Waals surface area (Å²) in [6, 6.07) is 80.6. The summed E-state index contributed by atoms with van der Waals surface area (Å²) in [6.45, 7) is 18.9. The van der Waals surface area contributed by atoms with Gasteiger partial charge in [-0.05, 0) is 113 Å². The highest BCUT2D eigenvalue weighted by atomic mass is 32.2. The molecular weight excluding hydrogens is 1630 g/mol. The highest BCUT2D eigenvalue weighted by Crippen LogP contribution is 2.34. The molecule has 652 valence electrons.